The molecule has 0 spiro atoms. The molecular weight excluding hydrogens is 237 g/mol. The van der Waals surface area contributed by atoms with E-state index in [1.807, 2.05) is 0 Å². The van der Waals surface area contributed by atoms with Gasteiger partial charge in [0.2, 0.25) is 0 Å². The summed E-state index contributed by atoms with van der Waals surface area (Å²) in [6.07, 6.45) is 0.631. The first kappa shape index (κ1) is 12.7. The Morgan fingerprint density at radius 3 is 2.72 bits per heavy atom. The quantitative estimate of drug-likeness (QED) is 0.604. The van der Waals surface area contributed by atoms with Crippen LogP contribution in [0.15, 0.2) is 12.1 Å². The number of rotatable bonds is 4. The Kier molecular flexibility index (Phi) is 3.43. The van der Waals surface area contributed by atoms with Gasteiger partial charge >= 0.3 is 0 Å². The Hall–Kier alpha value is -1.75. The molecule has 5 heteroatoms. The third-order valence-electron chi connectivity index (χ3n) is 2.95. The van der Waals surface area contributed by atoms with Crippen molar-refractivity contribution in [2.24, 2.45) is 0 Å². The highest BCUT2D eigenvalue weighted by Gasteiger charge is 2.36. The van der Waals surface area contributed by atoms with E-state index in [4.69, 9.17) is 4.74 Å². The lowest BCUT2D eigenvalue weighted by Crippen LogP contribution is -2.31. The molecule has 0 aliphatic carbocycles. The Balaban J connectivity index is 2.36. The molecule has 0 unspecified atom stereocenters. The molecule has 1 heterocycles. The van der Waals surface area contributed by atoms with Crippen LogP contribution in [0, 0.1) is 12.7 Å². The van der Waals surface area contributed by atoms with Gasteiger partial charge in [0, 0.05) is 20.3 Å². The Labute approximate surface area is 104 Å². The molecule has 0 fully saturated rings. The maximum atomic E-state index is 13.3. The Morgan fingerprint density at radius 1 is 1.33 bits per heavy atom. The summed E-state index contributed by atoms with van der Waals surface area (Å²) in [4.78, 5) is 25.0. The van der Waals surface area contributed by atoms with Crippen LogP contribution in [0.25, 0.3) is 0 Å². The summed E-state index contributed by atoms with van der Waals surface area (Å²) in [5.41, 5.74) is 1.29. The Bertz CT molecular complexity index is 513. The predicted octanol–water partition coefficient (Wildman–Crippen LogP) is 1.70. The van der Waals surface area contributed by atoms with E-state index in [2.05, 4.69) is 0 Å². The first-order chi connectivity index (χ1) is 8.56. The molecule has 0 atom stereocenters. The maximum Gasteiger partial charge on any atom is 0.299 e. The monoisotopic (exact) mass is 251 g/mol. The number of amides is 1. The van der Waals surface area contributed by atoms with E-state index in [0.29, 0.717) is 30.8 Å². The third kappa shape index (κ3) is 2.01. The van der Waals surface area contributed by atoms with E-state index < -0.39 is 17.5 Å². The van der Waals surface area contributed by atoms with Crippen molar-refractivity contribution in [1.82, 2.24) is 0 Å². The molecule has 1 aromatic carbocycles. The molecule has 0 aromatic heterocycles. The number of carbonyl (C=O) groups is 2. The summed E-state index contributed by atoms with van der Waals surface area (Å²) in [6.45, 7) is 2.60. The van der Waals surface area contributed by atoms with Crippen molar-refractivity contribution >= 4 is 17.4 Å². The van der Waals surface area contributed by atoms with Gasteiger partial charge in [-0.2, -0.15) is 0 Å². The third-order valence-corrected chi connectivity index (χ3v) is 2.95. The lowest BCUT2D eigenvalue weighted by molar-refractivity contribution is -0.114. The first-order valence-corrected chi connectivity index (χ1v) is 5.71. The van der Waals surface area contributed by atoms with Crippen molar-refractivity contribution in [3.8, 4) is 0 Å². The molecule has 2 rings (SSSR count). The average molecular weight is 251 g/mol. The largest absolute Gasteiger partial charge is 0.385 e. The van der Waals surface area contributed by atoms with Crippen molar-refractivity contribution in [2.45, 2.75) is 13.3 Å². The second-order valence-electron chi connectivity index (χ2n) is 4.25. The molecule has 1 amide bonds. The number of nitrogens with zero attached hydrogens (tertiary/aromatic N) is 1. The number of halogens is 1. The number of fused-ring (bicyclic) bond motifs is 1. The van der Waals surface area contributed by atoms with E-state index in [9.17, 15) is 14.0 Å². The van der Waals surface area contributed by atoms with Crippen LogP contribution in [0.5, 0.6) is 0 Å². The van der Waals surface area contributed by atoms with Crippen molar-refractivity contribution < 1.29 is 18.7 Å². The number of aryl methyl sites for hydroxylation is 1. The van der Waals surface area contributed by atoms with E-state index in [1.165, 1.54) is 11.0 Å². The van der Waals surface area contributed by atoms with E-state index >= 15 is 0 Å². The minimum absolute atomic E-state index is 0.162. The van der Waals surface area contributed by atoms with Crippen molar-refractivity contribution in [3.63, 3.8) is 0 Å². The molecule has 96 valence electrons. The highest BCUT2D eigenvalue weighted by Crippen LogP contribution is 2.33. The van der Waals surface area contributed by atoms with Crippen LogP contribution in [0.1, 0.15) is 22.3 Å². The number of carbonyl (C=O) groups excluding carboxylic acids is 2. The van der Waals surface area contributed by atoms with Gasteiger partial charge in [-0.25, -0.2) is 4.39 Å². The fourth-order valence-corrected chi connectivity index (χ4v) is 2.19. The standard InChI is InChI=1S/C13H14FNO3/c1-8-6-9(14)7-10-11(8)15(4-3-5-18-2)13(17)12(10)16/h6-7H,3-5H2,1-2H3. The minimum atomic E-state index is -0.634. The fraction of sp³-hybridized carbons (Fsp3) is 0.385. The van der Waals surface area contributed by atoms with Crippen LogP contribution < -0.4 is 4.90 Å². The number of anilines is 1. The molecule has 1 aliphatic heterocycles. The van der Waals surface area contributed by atoms with E-state index in [-0.39, 0.29) is 5.56 Å². The van der Waals surface area contributed by atoms with Gasteiger partial charge in [-0.15, -0.1) is 0 Å². The number of hydrogen-bond acceptors (Lipinski definition) is 3. The van der Waals surface area contributed by atoms with Crippen LogP contribution in [0.3, 0.4) is 0 Å². The zero-order chi connectivity index (χ0) is 13.3. The van der Waals surface area contributed by atoms with Crippen molar-refractivity contribution in [2.75, 3.05) is 25.2 Å². The van der Waals surface area contributed by atoms with Crippen LogP contribution >= 0.6 is 0 Å². The van der Waals surface area contributed by atoms with E-state index in [1.54, 1.807) is 14.0 Å². The number of hydrogen-bond donors (Lipinski definition) is 0. The minimum Gasteiger partial charge on any atom is -0.385 e. The normalized spacial score (nSPS) is 14.3. The van der Waals surface area contributed by atoms with Gasteiger partial charge in [-0.1, -0.05) is 0 Å². The molecule has 1 aliphatic rings. The predicted molar refractivity (Wildman–Crippen MR) is 64.3 cm³/mol. The molecular formula is C13H14FNO3. The molecule has 0 N–H and O–H groups in total. The summed E-state index contributed by atoms with van der Waals surface area (Å²) in [6, 6.07) is 2.45. The number of methoxy groups -OCH3 is 1. The summed E-state index contributed by atoms with van der Waals surface area (Å²) in [5, 5.41) is 0. The highest BCUT2D eigenvalue weighted by atomic mass is 19.1. The van der Waals surface area contributed by atoms with Crippen LogP contribution in [0.2, 0.25) is 0 Å². The molecule has 0 bridgehead atoms. The Morgan fingerprint density at radius 2 is 2.06 bits per heavy atom. The van der Waals surface area contributed by atoms with E-state index in [0.717, 1.165) is 6.07 Å². The van der Waals surface area contributed by atoms with Gasteiger partial charge in [0.25, 0.3) is 11.7 Å². The van der Waals surface area contributed by atoms with Crippen LogP contribution in [0.4, 0.5) is 10.1 Å². The molecule has 1 aromatic rings. The topological polar surface area (TPSA) is 46.6 Å². The van der Waals surface area contributed by atoms with Gasteiger partial charge in [-0.3, -0.25) is 9.59 Å². The number of ketones is 1. The SMILES string of the molecule is COCCCN1C(=O)C(=O)c2cc(F)cc(C)c21. The van der Waals surface area contributed by atoms with Gasteiger partial charge < -0.3 is 9.64 Å². The van der Waals surface area contributed by atoms with Crippen molar-refractivity contribution in [3.05, 3.63) is 29.1 Å². The highest BCUT2D eigenvalue weighted by molar-refractivity contribution is 6.52. The fourth-order valence-electron chi connectivity index (χ4n) is 2.19. The zero-order valence-corrected chi connectivity index (χ0v) is 10.3. The second-order valence-corrected chi connectivity index (χ2v) is 4.25. The number of Topliss-reactive ketones (excluding diaryl/α,β-unsaturated/α-hetero) is 1. The molecule has 0 saturated heterocycles. The molecule has 0 radical (unpaired) electrons. The number of ether oxygens (including phenoxy) is 1. The molecule has 0 saturated carbocycles. The maximum absolute atomic E-state index is 13.3. The summed E-state index contributed by atoms with van der Waals surface area (Å²) >= 11 is 0. The van der Waals surface area contributed by atoms with Gasteiger partial charge in [-0.05, 0) is 31.0 Å². The van der Waals surface area contributed by atoms with Crippen molar-refractivity contribution in [1.29, 1.82) is 0 Å². The zero-order valence-electron chi connectivity index (χ0n) is 10.3. The lowest BCUT2D eigenvalue weighted by atomic mass is 10.1. The van der Waals surface area contributed by atoms with Gasteiger partial charge in [0.1, 0.15) is 5.82 Å². The first-order valence-electron chi connectivity index (χ1n) is 5.71. The summed E-state index contributed by atoms with van der Waals surface area (Å²) < 4.78 is 18.2. The summed E-state index contributed by atoms with van der Waals surface area (Å²) in [7, 11) is 1.57. The van der Waals surface area contributed by atoms with Crippen LogP contribution in [-0.4, -0.2) is 32.0 Å². The molecule has 18 heavy (non-hydrogen) atoms. The summed E-state index contributed by atoms with van der Waals surface area (Å²) in [5.74, 6) is -1.72. The van der Waals surface area contributed by atoms with Gasteiger partial charge in [0.15, 0.2) is 0 Å². The average Bonchev–Trinajstić information content (AvgIpc) is 2.55. The molecule has 4 nitrogen and oxygen atoms in total. The van der Waals surface area contributed by atoms with Gasteiger partial charge in [0.05, 0.1) is 11.3 Å². The smallest absolute Gasteiger partial charge is 0.299 e. The number of benzene rings is 1. The van der Waals surface area contributed by atoms with Crippen LogP contribution in [-0.2, 0) is 9.53 Å². The lowest BCUT2D eigenvalue weighted by Gasteiger charge is -2.18. The second kappa shape index (κ2) is 4.86.